The largest absolute Gasteiger partial charge is 0.484 e. The number of anilines is 1. The summed E-state index contributed by atoms with van der Waals surface area (Å²) in [6, 6.07) is 18.5. The molecule has 7 heteroatoms. The molecule has 31 heavy (non-hydrogen) atoms. The molecular weight excluding hydrogens is 415 g/mol. The van der Waals surface area contributed by atoms with Crippen molar-refractivity contribution in [1.82, 2.24) is 4.98 Å². The van der Waals surface area contributed by atoms with Crippen molar-refractivity contribution < 1.29 is 18.7 Å². The molecule has 1 aromatic heterocycles. The molecule has 1 fully saturated rings. The molecule has 0 saturated carbocycles. The van der Waals surface area contributed by atoms with E-state index >= 15 is 0 Å². The molecule has 3 aromatic carbocycles. The Morgan fingerprint density at radius 1 is 1.16 bits per heavy atom. The third-order valence-corrected chi connectivity index (χ3v) is 6.43. The van der Waals surface area contributed by atoms with Crippen LogP contribution in [0, 0.1) is 5.82 Å². The van der Waals surface area contributed by atoms with Crippen LogP contribution in [0.1, 0.15) is 12.8 Å². The van der Waals surface area contributed by atoms with E-state index in [-0.39, 0.29) is 24.1 Å². The zero-order chi connectivity index (χ0) is 21.2. The van der Waals surface area contributed by atoms with Crippen molar-refractivity contribution in [1.29, 1.82) is 0 Å². The van der Waals surface area contributed by atoms with Gasteiger partial charge in [0, 0.05) is 6.61 Å². The maximum atomic E-state index is 14.2. The van der Waals surface area contributed by atoms with Crippen molar-refractivity contribution in [3.8, 4) is 5.75 Å². The fourth-order valence-corrected chi connectivity index (χ4v) is 4.78. The summed E-state index contributed by atoms with van der Waals surface area (Å²) in [4.78, 5) is 19.1. The third-order valence-electron chi connectivity index (χ3n) is 5.38. The summed E-state index contributed by atoms with van der Waals surface area (Å²) in [6.45, 7) is 0.930. The van der Waals surface area contributed by atoms with Crippen LogP contribution in [-0.2, 0) is 9.53 Å². The number of nitrogens with zero attached hydrogens (tertiary/aromatic N) is 2. The molecule has 0 aliphatic carbocycles. The van der Waals surface area contributed by atoms with Crippen molar-refractivity contribution in [3.05, 3.63) is 66.5 Å². The second-order valence-electron chi connectivity index (χ2n) is 7.52. The number of hydrogen-bond acceptors (Lipinski definition) is 5. The maximum absolute atomic E-state index is 14.2. The Morgan fingerprint density at radius 3 is 2.84 bits per heavy atom. The summed E-state index contributed by atoms with van der Waals surface area (Å²) in [6.07, 6.45) is 1.80. The Balaban J connectivity index is 1.38. The van der Waals surface area contributed by atoms with Gasteiger partial charge < -0.3 is 9.47 Å². The highest BCUT2D eigenvalue weighted by molar-refractivity contribution is 7.22. The topological polar surface area (TPSA) is 51.7 Å². The molecule has 5 rings (SSSR count). The number of halogens is 1. The molecule has 0 radical (unpaired) electrons. The Bertz CT molecular complexity index is 1240. The zero-order valence-corrected chi connectivity index (χ0v) is 17.6. The van der Waals surface area contributed by atoms with Crippen LogP contribution in [0.4, 0.5) is 9.52 Å². The van der Waals surface area contributed by atoms with Crippen molar-refractivity contribution in [2.45, 2.75) is 18.9 Å². The van der Waals surface area contributed by atoms with Gasteiger partial charge in [-0.15, -0.1) is 0 Å². The molecule has 4 aromatic rings. The van der Waals surface area contributed by atoms with Crippen LogP contribution < -0.4 is 9.64 Å². The quantitative estimate of drug-likeness (QED) is 0.418. The van der Waals surface area contributed by atoms with Gasteiger partial charge in [0.1, 0.15) is 17.1 Å². The molecule has 1 aliphatic heterocycles. The highest BCUT2D eigenvalue weighted by Gasteiger charge is 2.27. The van der Waals surface area contributed by atoms with Crippen LogP contribution in [0.5, 0.6) is 5.75 Å². The van der Waals surface area contributed by atoms with Crippen LogP contribution in [0.3, 0.4) is 0 Å². The van der Waals surface area contributed by atoms with E-state index in [2.05, 4.69) is 4.98 Å². The number of benzene rings is 3. The summed E-state index contributed by atoms with van der Waals surface area (Å²) in [5.41, 5.74) is 0.281. The Morgan fingerprint density at radius 2 is 2.03 bits per heavy atom. The van der Waals surface area contributed by atoms with Gasteiger partial charge in [-0.3, -0.25) is 9.69 Å². The summed E-state index contributed by atoms with van der Waals surface area (Å²) >= 11 is 1.30. The van der Waals surface area contributed by atoms with Gasteiger partial charge in [-0.05, 0) is 47.9 Å². The fraction of sp³-hybridized carbons (Fsp3) is 0.250. The minimum Gasteiger partial charge on any atom is -0.484 e. The Labute approximate surface area is 183 Å². The first-order valence-electron chi connectivity index (χ1n) is 10.3. The van der Waals surface area contributed by atoms with Gasteiger partial charge in [0.25, 0.3) is 5.91 Å². The number of carbonyl (C=O) groups excluding carboxylic acids is 1. The molecule has 1 aliphatic rings. The highest BCUT2D eigenvalue weighted by atomic mass is 32.1. The van der Waals surface area contributed by atoms with E-state index in [1.807, 2.05) is 42.5 Å². The Kier molecular flexibility index (Phi) is 5.53. The van der Waals surface area contributed by atoms with Gasteiger partial charge in [0.15, 0.2) is 11.7 Å². The van der Waals surface area contributed by atoms with E-state index in [1.165, 1.54) is 17.4 Å². The van der Waals surface area contributed by atoms with Gasteiger partial charge >= 0.3 is 0 Å². The first-order valence-corrected chi connectivity index (χ1v) is 11.1. The summed E-state index contributed by atoms with van der Waals surface area (Å²) < 4.78 is 26.4. The van der Waals surface area contributed by atoms with Gasteiger partial charge in [-0.1, -0.05) is 47.7 Å². The highest BCUT2D eigenvalue weighted by Crippen LogP contribution is 2.31. The number of hydrogen-bond donors (Lipinski definition) is 0. The number of thiazole rings is 1. The summed E-state index contributed by atoms with van der Waals surface area (Å²) in [5, 5.41) is 2.62. The molecule has 0 bridgehead atoms. The molecule has 0 N–H and O–H groups in total. The SMILES string of the molecule is O=C(COc1ccc2ccccc2c1)N(CC1CCCO1)c1nc2c(F)cccc2s1. The van der Waals surface area contributed by atoms with Crippen LogP contribution in [0.2, 0.25) is 0 Å². The fourth-order valence-electron chi connectivity index (χ4n) is 3.78. The molecule has 0 spiro atoms. The number of aromatic nitrogens is 1. The number of carbonyl (C=O) groups is 1. The standard InChI is InChI=1S/C24H21FN2O3S/c25-20-8-3-9-21-23(20)26-24(31-21)27(14-19-7-4-12-29-19)22(28)15-30-18-11-10-16-5-1-2-6-17(16)13-18/h1-3,5-6,8-11,13,19H,4,7,12,14-15H2. The van der Waals surface area contributed by atoms with E-state index < -0.39 is 5.82 Å². The number of rotatable bonds is 6. The molecular formula is C24H21FN2O3S. The van der Waals surface area contributed by atoms with Crippen molar-refractivity contribution >= 4 is 43.4 Å². The average Bonchev–Trinajstić information content (AvgIpc) is 3.46. The van der Waals surface area contributed by atoms with Crippen LogP contribution in [-0.4, -0.2) is 36.8 Å². The van der Waals surface area contributed by atoms with Crippen LogP contribution in [0.15, 0.2) is 60.7 Å². The van der Waals surface area contributed by atoms with E-state index in [0.29, 0.717) is 28.7 Å². The molecule has 2 heterocycles. The number of ether oxygens (including phenoxy) is 2. The average molecular weight is 437 g/mol. The van der Waals surface area contributed by atoms with Gasteiger partial charge in [-0.2, -0.15) is 0 Å². The van der Waals surface area contributed by atoms with Gasteiger partial charge in [0.2, 0.25) is 0 Å². The predicted octanol–water partition coefficient (Wildman–Crippen LogP) is 5.18. The molecule has 1 saturated heterocycles. The second-order valence-corrected chi connectivity index (χ2v) is 8.53. The van der Waals surface area contributed by atoms with Crippen molar-refractivity contribution in [3.63, 3.8) is 0 Å². The van der Waals surface area contributed by atoms with Gasteiger partial charge in [-0.25, -0.2) is 9.37 Å². The Hall–Kier alpha value is -3.03. The first kappa shape index (κ1) is 19.9. The third kappa shape index (κ3) is 4.24. The monoisotopic (exact) mass is 436 g/mol. The lowest BCUT2D eigenvalue weighted by Gasteiger charge is -2.23. The first-order chi connectivity index (χ1) is 15.2. The lowest BCUT2D eigenvalue weighted by molar-refractivity contribution is -0.120. The molecule has 1 amide bonds. The number of para-hydroxylation sites is 1. The van der Waals surface area contributed by atoms with E-state index in [0.717, 1.165) is 23.6 Å². The number of fused-ring (bicyclic) bond motifs is 2. The molecule has 5 nitrogen and oxygen atoms in total. The summed E-state index contributed by atoms with van der Waals surface area (Å²) in [5.74, 6) is -0.000451. The maximum Gasteiger partial charge on any atom is 0.266 e. The van der Waals surface area contributed by atoms with E-state index in [1.54, 1.807) is 17.0 Å². The predicted molar refractivity (Wildman–Crippen MR) is 120 cm³/mol. The van der Waals surface area contributed by atoms with E-state index in [4.69, 9.17) is 9.47 Å². The lowest BCUT2D eigenvalue weighted by atomic mass is 10.1. The van der Waals surface area contributed by atoms with Crippen LogP contribution in [0.25, 0.3) is 21.0 Å². The smallest absolute Gasteiger partial charge is 0.266 e. The molecule has 158 valence electrons. The zero-order valence-electron chi connectivity index (χ0n) is 16.8. The van der Waals surface area contributed by atoms with Crippen molar-refractivity contribution in [2.75, 3.05) is 24.7 Å². The lowest BCUT2D eigenvalue weighted by Crippen LogP contribution is -2.40. The van der Waals surface area contributed by atoms with Crippen LogP contribution >= 0.6 is 11.3 Å². The van der Waals surface area contributed by atoms with Gasteiger partial charge in [0.05, 0.1) is 17.3 Å². The number of amides is 1. The molecule has 1 unspecified atom stereocenters. The minimum absolute atomic E-state index is 0.0542. The molecule has 1 atom stereocenters. The normalized spacial score (nSPS) is 16.1. The van der Waals surface area contributed by atoms with E-state index in [9.17, 15) is 9.18 Å². The summed E-state index contributed by atoms with van der Waals surface area (Å²) in [7, 11) is 0. The van der Waals surface area contributed by atoms with Crippen molar-refractivity contribution in [2.24, 2.45) is 0 Å². The second kappa shape index (κ2) is 8.61. The minimum atomic E-state index is -0.392.